The fourth-order valence-corrected chi connectivity index (χ4v) is 3.24. The fourth-order valence-electron chi connectivity index (χ4n) is 3.24. The quantitative estimate of drug-likeness (QED) is 0.309. The van der Waals surface area contributed by atoms with E-state index in [9.17, 15) is 4.39 Å². The molecule has 1 fully saturated rings. The van der Waals surface area contributed by atoms with Crippen LogP contribution in [-0.4, -0.2) is 39.4 Å². The zero-order valence-corrected chi connectivity index (χ0v) is 19.9. The van der Waals surface area contributed by atoms with E-state index in [1.807, 2.05) is 0 Å². The Kier molecular flexibility index (Phi) is 10.4. The molecule has 0 radical (unpaired) electrons. The molecule has 1 aliphatic heterocycles. The van der Waals surface area contributed by atoms with Crippen molar-refractivity contribution in [3.8, 4) is 5.75 Å². The number of guanidine groups is 1. The number of halogens is 2. The van der Waals surface area contributed by atoms with Crippen LogP contribution in [0.2, 0.25) is 0 Å². The van der Waals surface area contributed by atoms with E-state index in [1.54, 1.807) is 19.2 Å². The van der Waals surface area contributed by atoms with Crippen molar-refractivity contribution >= 4 is 29.9 Å². The van der Waals surface area contributed by atoms with Gasteiger partial charge in [-0.05, 0) is 49.1 Å². The summed E-state index contributed by atoms with van der Waals surface area (Å²) in [4.78, 5) is 4.28. The molecule has 30 heavy (non-hydrogen) atoms. The van der Waals surface area contributed by atoms with E-state index in [0.29, 0.717) is 25.6 Å². The summed E-state index contributed by atoms with van der Waals surface area (Å²) in [5.41, 5.74) is 3.35. The highest BCUT2D eigenvalue weighted by atomic mass is 127. The van der Waals surface area contributed by atoms with Crippen molar-refractivity contribution in [2.24, 2.45) is 10.9 Å². The smallest absolute Gasteiger partial charge is 0.191 e. The number of hydrogen-bond donors (Lipinski definition) is 2. The van der Waals surface area contributed by atoms with Crippen molar-refractivity contribution in [3.63, 3.8) is 0 Å². The molecule has 0 spiro atoms. The standard InChI is InChI=1S/C23H30FN3O2.HI/c1-17-3-6-20(22(13-17)29-16-19-10-12-28-15-19)14-27-23(25-2)26-11-9-18-4-7-21(24)8-5-18;/h3-8,13,19H,9-12,14-16H2,1-2H3,(H2,25,26,27);1H. The third-order valence-electron chi connectivity index (χ3n) is 5.01. The molecule has 1 atom stereocenters. The molecule has 3 rings (SSSR count). The van der Waals surface area contributed by atoms with Crippen LogP contribution in [0.4, 0.5) is 4.39 Å². The highest BCUT2D eigenvalue weighted by Crippen LogP contribution is 2.22. The summed E-state index contributed by atoms with van der Waals surface area (Å²) < 4.78 is 24.5. The normalized spacial score (nSPS) is 16.1. The number of aliphatic imine (C=N–C) groups is 1. The van der Waals surface area contributed by atoms with Crippen LogP contribution in [0, 0.1) is 18.7 Å². The summed E-state index contributed by atoms with van der Waals surface area (Å²) in [6, 6.07) is 12.8. The molecule has 7 heteroatoms. The monoisotopic (exact) mass is 527 g/mol. The molecule has 2 aromatic rings. The molecule has 2 aromatic carbocycles. The van der Waals surface area contributed by atoms with Crippen molar-refractivity contribution in [1.82, 2.24) is 10.6 Å². The molecule has 5 nitrogen and oxygen atoms in total. The number of benzene rings is 2. The van der Waals surface area contributed by atoms with Crippen LogP contribution in [0.5, 0.6) is 5.75 Å². The molecule has 0 amide bonds. The number of ether oxygens (including phenoxy) is 2. The predicted octanol–water partition coefficient (Wildman–Crippen LogP) is 4.08. The molecule has 164 valence electrons. The molecule has 0 bridgehead atoms. The van der Waals surface area contributed by atoms with Crippen LogP contribution >= 0.6 is 24.0 Å². The Balaban J connectivity index is 0.00000320. The average Bonchev–Trinajstić information content (AvgIpc) is 3.25. The first-order valence-electron chi connectivity index (χ1n) is 10.1. The Bertz CT molecular complexity index is 809. The van der Waals surface area contributed by atoms with Crippen molar-refractivity contribution in [3.05, 3.63) is 65.0 Å². The maximum absolute atomic E-state index is 13.0. The van der Waals surface area contributed by atoms with Gasteiger partial charge in [0, 0.05) is 38.2 Å². The van der Waals surface area contributed by atoms with Gasteiger partial charge in [0.15, 0.2) is 5.96 Å². The zero-order valence-electron chi connectivity index (χ0n) is 17.6. The molecule has 0 aliphatic carbocycles. The minimum Gasteiger partial charge on any atom is -0.493 e. The minimum absolute atomic E-state index is 0. The number of nitrogens with one attached hydrogen (secondary N) is 2. The highest BCUT2D eigenvalue weighted by molar-refractivity contribution is 14.0. The van der Waals surface area contributed by atoms with Crippen LogP contribution in [0.25, 0.3) is 0 Å². The first kappa shape index (κ1) is 24.4. The molecular formula is C23H31FIN3O2. The van der Waals surface area contributed by atoms with Gasteiger partial charge in [0.1, 0.15) is 11.6 Å². The van der Waals surface area contributed by atoms with E-state index < -0.39 is 0 Å². The second-order valence-corrected chi connectivity index (χ2v) is 7.38. The second-order valence-electron chi connectivity index (χ2n) is 7.38. The van der Waals surface area contributed by atoms with Gasteiger partial charge < -0.3 is 20.1 Å². The van der Waals surface area contributed by atoms with Crippen LogP contribution in [-0.2, 0) is 17.7 Å². The molecule has 1 unspecified atom stereocenters. The van der Waals surface area contributed by atoms with Crippen LogP contribution in [0.1, 0.15) is 23.1 Å². The Morgan fingerprint density at radius 2 is 2.00 bits per heavy atom. The molecule has 1 saturated heterocycles. The molecule has 1 aliphatic rings. The van der Waals surface area contributed by atoms with Crippen molar-refractivity contribution < 1.29 is 13.9 Å². The lowest BCUT2D eigenvalue weighted by atomic mass is 10.1. The van der Waals surface area contributed by atoms with Gasteiger partial charge in [0.25, 0.3) is 0 Å². The third kappa shape index (κ3) is 7.75. The van der Waals surface area contributed by atoms with Crippen molar-refractivity contribution in [2.75, 3.05) is 33.4 Å². The lowest BCUT2D eigenvalue weighted by molar-refractivity contribution is 0.166. The number of rotatable bonds is 8. The van der Waals surface area contributed by atoms with Gasteiger partial charge in [0.2, 0.25) is 0 Å². The fraction of sp³-hybridized carbons (Fsp3) is 0.435. The number of aryl methyl sites for hydroxylation is 1. The number of nitrogens with zero attached hydrogens (tertiary/aromatic N) is 1. The molecule has 2 N–H and O–H groups in total. The van der Waals surface area contributed by atoms with Crippen LogP contribution in [0.3, 0.4) is 0 Å². The Morgan fingerprint density at radius 3 is 2.70 bits per heavy atom. The van der Waals surface area contributed by atoms with Crippen molar-refractivity contribution in [2.45, 2.75) is 26.3 Å². The van der Waals surface area contributed by atoms with Gasteiger partial charge in [0.05, 0.1) is 13.2 Å². The second kappa shape index (κ2) is 12.7. The predicted molar refractivity (Wildman–Crippen MR) is 129 cm³/mol. The SMILES string of the molecule is CN=C(NCCc1ccc(F)cc1)NCc1ccc(C)cc1OCC1CCOC1.I. The Morgan fingerprint density at radius 1 is 1.20 bits per heavy atom. The number of hydrogen-bond acceptors (Lipinski definition) is 3. The van der Waals surface area contributed by atoms with E-state index >= 15 is 0 Å². The summed E-state index contributed by atoms with van der Waals surface area (Å²) in [7, 11) is 1.75. The van der Waals surface area contributed by atoms with Crippen LogP contribution in [0.15, 0.2) is 47.5 Å². The van der Waals surface area contributed by atoms with Crippen LogP contribution < -0.4 is 15.4 Å². The van der Waals surface area contributed by atoms with Gasteiger partial charge in [-0.2, -0.15) is 0 Å². The van der Waals surface area contributed by atoms with E-state index in [2.05, 4.69) is 40.7 Å². The van der Waals surface area contributed by atoms with Gasteiger partial charge in [-0.15, -0.1) is 24.0 Å². The molecular weight excluding hydrogens is 496 g/mol. The highest BCUT2D eigenvalue weighted by Gasteiger charge is 2.17. The van der Waals surface area contributed by atoms with Gasteiger partial charge >= 0.3 is 0 Å². The topological polar surface area (TPSA) is 54.9 Å². The van der Waals surface area contributed by atoms with E-state index in [0.717, 1.165) is 48.9 Å². The molecule has 0 saturated carbocycles. The third-order valence-corrected chi connectivity index (χ3v) is 5.01. The average molecular weight is 527 g/mol. The first-order valence-corrected chi connectivity index (χ1v) is 10.1. The maximum atomic E-state index is 13.0. The van der Waals surface area contributed by atoms with Crippen molar-refractivity contribution in [1.29, 1.82) is 0 Å². The van der Waals surface area contributed by atoms with Gasteiger partial charge in [-0.3, -0.25) is 4.99 Å². The van der Waals surface area contributed by atoms with E-state index in [1.165, 1.54) is 17.7 Å². The van der Waals surface area contributed by atoms with E-state index in [-0.39, 0.29) is 29.8 Å². The Labute approximate surface area is 195 Å². The molecule has 1 heterocycles. The Hall–Kier alpha value is -1.87. The minimum atomic E-state index is -0.212. The summed E-state index contributed by atoms with van der Waals surface area (Å²) in [6.45, 7) is 5.69. The lowest BCUT2D eigenvalue weighted by Crippen LogP contribution is -2.38. The first-order chi connectivity index (χ1) is 14.1. The van der Waals surface area contributed by atoms with Gasteiger partial charge in [-0.25, -0.2) is 4.39 Å². The lowest BCUT2D eigenvalue weighted by Gasteiger charge is -2.17. The molecule has 0 aromatic heterocycles. The summed E-state index contributed by atoms with van der Waals surface area (Å²) >= 11 is 0. The zero-order chi connectivity index (χ0) is 20.5. The maximum Gasteiger partial charge on any atom is 0.191 e. The summed E-state index contributed by atoms with van der Waals surface area (Å²) in [6.07, 6.45) is 1.85. The summed E-state index contributed by atoms with van der Waals surface area (Å²) in [5, 5.41) is 6.64. The largest absolute Gasteiger partial charge is 0.493 e. The van der Waals surface area contributed by atoms with Gasteiger partial charge in [-0.1, -0.05) is 24.3 Å². The summed E-state index contributed by atoms with van der Waals surface area (Å²) in [5.74, 6) is 1.89. The van der Waals surface area contributed by atoms with E-state index in [4.69, 9.17) is 9.47 Å².